The van der Waals surface area contributed by atoms with Crippen LogP contribution in [0, 0.1) is 0 Å². The van der Waals surface area contributed by atoms with Gasteiger partial charge in [0.15, 0.2) is 6.10 Å². The number of amides is 3. The number of benzene rings is 2. The van der Waals surface area contributed by atoms with Gasteiger partial charge in [-0.05, 0) is 53.2 Å². The minimum Gasteiger partial charge on any atom is -0.480 e. The van der Waals surface area contributed by atoms with Crippen LogP contribution in [-0.2, 0) is 4.79 Å². The zero-order chi connectivity index (χ0) is 17.3. The Kier molecular flexibility index (Phi) is 4.35. The van der Waals surface area contributed by atoms with E-state index < -0.39 is 17.9 Å². The van der Waals surface area contributed by atoms with E-state index in [0.717, 1.165) is 4.47 Å². The molecule has 0 radical (unpaired) electrons. The Morgan fingerprint density at radius 2 is 1.83 bits per heavy atom. The van der Waals surface area contributed by atoms with Crippen LogP contribution in [0.1, 0.15) is 27.6 Å². The van der Waals surface area contributed by atoms with E-state index in [2.05, 4.69) is 26.6 Å². The van der Waals surface area contributed by atoms with Gasteiger partial charge >= 0.3 is 0 Å². The van der Waals surface area contributed by atoms with Gasteiger partial charge in [-0.25, -0.2) is 0 Å². The maximum Gasteiger partial charge on any atom is 0.265 e. The molecule has 1 aliphatic heterocycles. The highest BCUT2D eigenvalue weighted by atomic mass is 79.9. The number of imide groups is 1. The predicted octanol–water partition coefficient (Wildman–Crippen LogP) is 2.74. The number of carbonyl (C=O) groups excluding carboxylic acids is 3. The maximum atomic E-state index is 12.3. The summed E-state index contributed by atoms with van der Waals surface area (Å²) < 4.78 is 6.37. The second kappa shape index (κ2) is 6.45. The Morgan fingerprint density at radius 1 is 1.12 bits per heavy atom. The van der Waals surface area contributed by atoms with Crippen molar-refractivity contribution in [2.24, 2.45) is 0 Å². The van der Waals surface area contributed by atoms with Crippen LogP contribution in [0.4, 0.5) is 5.69 Å². The Morgan fingerprint density at radius 3 is 2.58 bits per heavy atom. The fourth-order valence-electron chi connectivity index (χ4n) is 2.27. The Bertz CT molecular complexity index is 850. The molecule has 0 fully saturated rings. The summed E-state index contributed by atoms with van der Waals surface area (Å²) in [6, 6.07) is 11.8. The van der Waals surface area contributed by atoms with Crippen molar-refractivity contribution in [3.63, 3.8) is 0 Å². The lowest BCUT2D eigenvalue weighted by Gasteiger charge is -2.16. The van der Waals surface area contributed by atoms with Crippen molar-refractivity contribution in [3.05, 3.63) is 58.1 Å². The smallest absolute Gasteiger partial charge is 0.265 e. The highest BCUT2D eigenvalue weighted by Crippen LogP contribution is 2.25. The van der Waals surface area contributed by atoms with Gasteiger partial charge in [0, 0.05) is 5.69 Å². The largest absolute Gasteiger partial charge is 0.480 e. The summed E-state index contributed by atoms with van der Waals surface area (Å²) in [6.07, 6.45) is -0.743. The summed E-state index contributed by atoms with van der Waals surface area (Å²) in [6.45, 7) is 1.62. The minimum atomic E-state index is -0.743. The topological polar surface area (TPSA) is 84.5 Å². The molecule has 7 heteroatoms. The van der Waals surface area contributed by atoms with Gasteiger partial charge in [-0.15, -0.1) is 0 Å². The molecule has 1 heterocycles. The summed E-state index contributed by atoms with van der Waals surface area (Å²) >= 11 is 3.35. The van der Waals surface area contributed by atoms with Gasteiger partial charge in [0.2, 0.25) is 0 Å². The van der Waals surface area contributed by atoms with Crippen LogP contribution >= 0.6 is 15.9 Å². The summed E-state index contributed by atoms with van der Waals surface area (Å²) in [5.41, 5.74) is 0.971. The molecule has 2 aromatic rings. The van der Waals surface area contributed by atoms with Gasteiger partial charge in [-0.3, -0.25) is 19.7 Å². The lowest BCUT2D eigenvalue weighted by Crippen LogP contribution is -2.30. The number of halogens is 1. The normalized spacial score (nSPS) is 13.9. The third-order valence-electron chi connectivity index (χ3n) is 3.51. The van der Waals surface area contributed by atoms with Crippen LogP contribution in [-0.4, -0.2) is 23.8 Å². The zero-order valence-electron chi connectivity index (χ0n) is 12.6. The molecule has 1 unspecified atom stereocenters. The molecule has 3 amide bonds. The lowest BCUT2D eigenvalue weighted by molar-refractivity contribution is -0.122. The fraction of sp³-hybridized carbons (Fsp3) is 0.118. The molecule has 0 spiro atoms. The molecule has 122 valence electrons. The van der Waals surface area contributed by atoms with Crippen molar-refractivity contribution in [2.45, 2.75) is 13.0 Å². The molecule has 24 heavy (non-hydrogen) atoms. The van der Waals surface area contributed by atoms with E-state index in [1.807, 2.05) is 12.1 Å². The van der Waals surface area contributed by atoms with E-state index in [1.165, 1.54) is 12.1 Å². The SMILES string of the molecule is CC(Oc1ccccc1Br)C(=O)Nc1ccc2c(c1)C(=O)NC2=O. The molecule has 6 nitrogen and oxygen atoms in total. The summed E-state index contributed by atoms with van der Waals surface area (Å²) in [7, 11) is 0. The molecule has 1 atom stereocenters. The van der Waals surface area contributed by atoms with E-state index in [9.17, 15) is 14.4 Å². The highest BCUT2D eigenvalue weighted by Gasteiger charge is 2.27. The zero-order valence-corrected chi connectivity index (χ0v) is 14.2. The third-order valence-corrected chi connectivity index (χ3v) is 4.17. The standard InChI is InChI=1S/C17H13BrN2O4/c1-9(24-14-5-3-2-4-13(14)18)15(21)19-10-6-7-11-12(8-10)17(23)20-16(11)22/h2-9H,1H3,(H,19,21)(H,20,22,23). The second-order valence-corrected chi connectivity index (χ2v) is 6.08. The highest BCUT2D eigenvalue weighted by molar-refractivity contribution is 9.10. The van der Waals surface area contributed by atoms with Crippen LogP contribution in [0.2, 0.25) is 0 Å². The Hall–Kier alpha value is -2.67. The molecule has 0 aliphatic carbocycles. The minimum absolute atomic E-state index is 0.247. The van der Waals surface area contributed by atoms with Gasteiger partial charge in [0.05, 0.1) is 15.6 Å². The van der Waals surface area contributed by atoms with Gasteiger partial charge in [-0.1, -0.05) is 12.1 Å². The quantitative estimate of drug-likeness (QED) is 0.788. The summed E-state index contributed by atoms with van der Waals surface area (Å²) in [4.78, 5) is 35.4. The first-order valence-corrected chi connectivity index (χ1v) is 7.97. The molecule has 1 aliphatic rings. The monoisotopic (exact) mass is 388 g/mol. The molecular formula is C17H13BrN2O4. The lowest BCUT2D eigenvalue weighted by atomic mass is 10.1. The van der Waals surface area contributed by atoms with Crippen LogP contribution < -0.4 is 15.4 Å². The molecule has 0 saturated heterocycles. The van der Waals surface area contributed by atoms with E-state index >= 15 is 0 Å². The van der Waals surface area contributed by atoms with Gasteiger partial charge in [0.25, 0.3) is 17.7 Å². The molecule has 0 aromatic heterocycles. The number of carbonyl (C=O) groups is 3. The average molecular weight is 389 g/mol. The number of rotatable bonds is 4. The molecular weight excluding hydrogens is 376 g/mol. The second-order valence-electron chi connectivity index (χ2n) is 5.22. The molecule has 2 aromatic carbocycles. The van der Waals surface area contributed by atoms with Crippen LogP contribution in [0.15, 0.2) is 46.9 Å². The number of anilines is 1. The molecule has 2 N–H and O–H groups in total. The van der Waals surface area contributed by atoms with Crippen molar-refractivity contribution in [3.8, 4) is 5.75 Å². The maximum absolute atomic E-state index is 12.3. The Labute approximate surface area is 146 Å². The first-order valence-electron chi connectivity index (χ1n) is 7.17. The summed E-state index contributed by atoms with van der Waals surface area (Å²) in [5, 5.41) is 4.88. The third kappa shape index (κ3) is 3.16. The number of ether oxygens (including phenoxy) is 1. The van der Waals surface area contributed by atoms with Crippen molar-refractivity contribution >= 4 is 39.3 Å². The van der Waals surface area contributed by atoms with Crippen molar-refractivity contribution < 1.29 is 19.1 Å². The number of hydrogen-bond acceptors (Lipinski definition) is 4. The molecule has 0 saturated carbocycles. The Balaban J connectivity index is 1.71. The van der Waals surface area contributed by atoms with E-state index in [1.54, 1.807) is 25.1 Å². The van der Waals surface area contributed by atoms with E-state index in [-0.39, 0.29) is 11.5 Å². The van der Waals surface area contributed by atoms with Crippen LogP contribution in [0.5, 0.6) is 5.75 Å². The van der Waals surface area contributed by atoms with Gasteiger partial charge in [-0.2, -0.15) is 0 Å². The number of hydrogen-bond donors (Lipinski definition) is 2. The van der Waals surface area contributed by atoms with Gasteiger partial charge in [0.1, 0.15) is 5.75 Å². The van der Waals surface area contributed by atoms with Crippen LogP contribution in [0.25, 0.3) is 0 Å². The first kappa shape index (κ1) is 16.2. The average Bonchev–Trinajstić information content (AvgIpc) is 2.83. The van der Waals surface area contributed by atoms with Crippen molar-refractivity contribution in [1.82, 2.24) is 5.32 Å². The number of nitrogens with one attached hydrogen (secondary N) is 2. The van der Waals surface area contributed by atoms with E-state index in [4.69, 9.17) is 4.74 Å². The van der Waals surface area contributed by atoms with Crippen molar-refractivity contribution in [2.75, 3.05) is 5.32 Å². The summed E-state index contributed by atoms with van der Waals surface area (Å²) in [5.74, 6) is -0.711. The molecule has 3 rings (SSSR count). The predicted molar refractivity (Wildman–Crippen MR) is 91.1 cm³/mol. The van der Waals surface area contributed by atoms with E-state index in [0.29, 0.717) is 17.0 Å². The molecule has 0 bridgehead atoms. The number of fused-ring (bicyclic) bond motifs is 1. The first-order chi connectivity index (χ1) is 11.5. The van der Waals surface area contributed by atoms with Gasteiger partial charge < -0.3 is 10.1 Å². The fourth-order valence-corrected chi connectivity index (χ4v) is 2.65. The van der Waals surface area contributed by atoms with Crippen LogP contribution in [0.3, 0.4) is 0 Å². The number of para-hydroxylation sites is 1. The van der Waals surface area contributed by atoms with Crippen molar-refractivity contribution in [1.29, 1.82) is 0 Å².